The van der Waals surface area contributed by atoms with E-state index >= 15 is 0 Å². The molecule has 2 aromatic carbocycles. The summed E-state index contributed by atoms with van der Waals surface area (Å²) in [5.74, 6) is -1.23. The Labute approximate surface area is 194 Å². The molecule has 8 nitrogen and oxygen atoms in total. The van der Waals surface area contributed by atoms with Crippen LogP contribution in [0.15, 0.2) is 47.4 Å². The van der Waals surface area contributed by atoms with E-state index < -0.39 is 34.3 Å². The molecule has 1 aliphatic heterocycles. The number of carbonyl (C=O) groups is 1. The fourth-order valence-corrected chi connectivity index (χ4v) is 5.07. The lowest BCUT2D eigenvalue weighted by atomic mass is 10.1. The number of ether oxygens (including phenoxy) is 1. The molecule has 0 aromatic heterocycles. The van der Waals surface area contributed by atoms with Gasteiger partial charge >= 0.3 is 12.1 Å². The standard InChI is InChI=1S/C22H22F3N3O5S/c23-22(24,25)18-4-7-20(33-15-21(29)30)17(12-18)14-27-8-1-9-28(11-10-27)34(31,32)19-5-2-16(13-26)3-6-19/h2-7,12H,1,8-11,14-15H2,(H,29,30). The molecule has 2 aromatic rings. The topological polar surface area (TPSA) is 111 Å². The molecule has 34 heavy (non-hydrogen) atoms. The van der Waals surface area contributed by atoms with Crippen LogP contribution in [0.3, 0.4) is 0 Å². The Balaban J connectivity index is 1.76. The highest BCUT2D eigenvalue weighted by molar-refractivity contribution is 7.89. The van der Waals surface area contributed by atoms with Gasteiger partial charge in [0.25, 0.3) is 0 Å². The summed E-state index contributed by atoms with van der Waals surface area (Å²) in [5, 5.41) is 17.7. The van der Waals surface area contributed by atoms with Crippen molar-refractivity contribution in [3.05, 3.63) is 59.2 Å². The lowest BCUT2D eigenvalue weighted by molar-refractivity contribution is -0.140. The molecule has 182 valence electrons. The number of benzene rings is 2. The second-order valence-corrected chi connectivity index (χ2v) is 9.61. The maximum Gasteiger partial charge on any atom is 0.416 e. The number of nitrogens with zero attached hydrogens (tertiary/aromatic N) is 3. The summed E-state index contributed by atoms with van der Waals surface area (Å²) in [6, 6.07) is 10.4. The average Bonchev–Trinajstić information content (AvgIpc) is 3.03. The van der Waals surface area contributed by atoms with Crippen molar-refractivity contribution < 1.29 is 36.2 Å². The number of aliphatic carboxylic acids is 1. The average molecular weight is 497 g/mol. The molecule has 0 bridgehead atoms. The minimum absolute atomic E-state index is 0.0294. The third-order valence-electron chi connectivity index (χ3n) is 5.30. The molecular weight excluding hydrogens is 475 g/mol. The third-order valence-corrected chi connectivity index (χ3v) is 7.21. The van der Waals surface area contributed by atoms with Crippen molar-refractivity contribution in [2.75, 3.05) is 32.8 Å². The third kappa shape index (κ3) is 6.25. The van der Waals surface area contributed by atoms with Gasteiger partial charge in [-0.1, -0.05) is 0 Å². The number of alkyl halides is 3. The van der Waals surface area contributed by atoms with Gasteiger partial charge < -0.3 is 9.84 Å². The van der Waals surface area contributed by atoms with Gasteiger partial charge in [-0.15, -0.1) is 0 Å². The van der Waals surface area contributed by atoms with E-state index in [0.717, 1.165) is 18.2 Å². The second kappa shape index (κ2) is 10.4. The van der Waals surface area contributed by atoms with E-state index in [2.05, 4.69) is 0 Å². The Morgan fingerprint density at radius 1 is 1.09 bits per heavy atom. The van der Waals surface area contributed by atoms with Gasteiger partial charge in [-0.2, -0.15) is 22.7 Å². The molecular formula is C22H22F3N3O5S. The van der Waals surface area contributed by atoms with Crippen LogP contribution in [0.4, 0.5) is 13.2 Å². The minimum Gasteiger partial charge on any atom is -0.482 e. The van der Waals surface area contributed by atoms with Crippen LogP contribution in [-0.2, 0) is 27.5 Å². The maximum atomic E-state index is 13.2. The summed E-state index contributed by atoms with van der Waals surface area (Å²) in [6.07, 6.45) is -4.13. The van der Waals surface area contributed by atoms with Crippen molar-refractivity contribution in [1.29, 1.82) is 5.26 Å². The first-order valence-corrected chi connectivity index (χ1v) is 11.7. The molecule has 0 saturated carbocycles. The largest absolute Gasteiger partial charge is 0.482 e. The van der Waals surface area contributed by atoms with Gasteiger partial charge in [0.1, 0.15) is 5.75 Å². The molecule has 1 aliphatic rings. The van der Waals surface area contributed by atoms with E-state index in [1.54, 1.807) is 4.90 Å². The van der Waals surface area contributed by atoms with E-state index in [4.69, 9.17) is 15.1 Å². The molecule has 3 rings (SSSR count). The highest BCUT2D eigenvalue weighted by Gasteiger charge is 2.32. The molecule has 12 heteroatoms. The molecule has 1 saturated heterocycles. The van der Waals surface area contributed by atoms with E-state index in [-0.39, 0.29) is 42.4 Å². The lowest BCUT2D eigenvalue weighted by Crippen LogP contribution is -2.35. The number of rotatable bonds is 7. The van der Waals surface area contributed by atoms with Crippen LogP contribution in [0.1, 0.15) is 23.1 Å². The smallest absolute Gasteiger partial charge is 0.416 e. The summed E-state index contributed by atoms with van der Waals surface area (Å²) < 4.78 is 72.1. The zero-order valence-corrected chi connectivity index (χ0v) is 18.8. The van der Waals surface area contributed by atoms with Crippen LogP contribution in [0.2, 0.25) is 0 Å². The Morgan fingerprint density at radius 3 is 2.41 bits per heavy atom. The minimum atomic E-state index is -4.58. The van der Waals surface area contributed by atoms with Crippen molar-refractivity contribution in [3.63, 3.8) is 0 Å². The zero-order valence-electron chi connectivity index (χ0n) is 18.0. The molecule has 1 fully saturated rings. The molecule has 1 heterocycles. The quantitative estimate of drug-likeness (QED) is 0.626. The highest BCUT2D eigenvalue weighted by atomic mass is 32.2. The van der Waals surface area contributed by atoms with Gasteiger partial charge in [-0.25, -0.2) is 13.2 Å². The first kappa shape index (κ1) is 25.5. The van der Waals surface area contributed by atoms with Crippen molar-refractivity contribution in [1.82, 2.24) is 9.21 Å². The van der Waals surface area contributed by atoms with Crippen molar-refractivity contribution >= 4 is 16.0 Å². The lowest BCUT2D eigenvalue weighted by Gasteiger charge is -2.23. The molecule has 0 unspecified atom stereocenters. The van der Waals surface area contributed by atoms with E-state index in [1.165, 1.54) is 28.6 Å². The predicted molar refractivity (Wildman–Crippen MR) is 114 cm³/mol. The fraction of sp³-hybridized carbons (Fsp3) is 0.364. The zero-order chi connectivity index (χ0) is 24.9. The van der Waals surface area contributed by atoms with Gasteiger partial charge in [0.2, 0.25) is 10.0 Å². The number of nitriles is 1. The molecule has 0 atom stereocenters. The summed E-state index contributed by atoms with van der Waals surface area (Å²) in [4.78, 5) is 12.7. The number of carboxylic acids is 1. The molecule has 0 radical (unpaired) electrons. The Morgan fingerprint density at radius 2 is 1.79 bits per heavy atom. The van der Waals surface area contributed by atoms with Crippen LogP contribution in [0.25, 0.3) is 0 Å². The van der Waals surface area contributed by atoms with Crippen molar-refractivity contribution in [3.8, 4) is 11.8 Å². The summed E-state index contributed by atoms with van der Waals surface area (Å²) in [5.41, 5.74) is -0.382. The van der Waals surface area contributed by atoms with Crippen LogP contribution in [0, 0.1) is 11.3 Å². The molecule has 0 amide bonds. The van der Waals surface area contributed by atoms with Gasteiger partial charge in [-0.05, 0) is 55.4 Å². The van der Waals surface area contributed by atoms with Crippen molar-refractivity contribution in [2.45, 2.75) is 24.0 Å². The van der Waals surface area contributed by atoms with Crippen LogP contribution < -0.4 is 4.74 Å². The van der Waals surface area contributed by atoms with Crippen LogP contribution >= 0.6 is 0 Å². The van der Waals surface area contributed by atoms with E-state index in [1.807, 2.05) is 6.07 Å². The van der Waals surface area contributed by atoms with Crippen molar-refractivity contribution in [2.24, 2.45) is 0 Å². The van der Waals surface area contributed by atoms with E-state index in [0.29, 0.717) is 18.5 Å². The van der Waals surface area contributed by atoms with E-state index in [9.17, 15) is 26.4 Å². The fourth-order valence-electron chi connectivity index (χ4n) is 3.60. The summed E-state index contributed by atoms with van der Waals surface area (Å²) in [7, 11) is -3.80. The SMILES string of the molecule is N#Cc1ccc(S(=O)(=O)N2CCCN(Cc3cc(C(F)(F)F)ccc3OCC(=O)O)CC2)cc1. The van der Waals surface area contributed by atoms with Gasteiger partial charge in [0.15, 0.2) is 6.61 Å². The van der Waals surface area contributed by atoms with Crippen LogP contribution in [-0.4, -0.2) is 61.5 Å². The summed E-state index contributed by atoms with van der Waals surface area (Å²) in [6.45, 7) is 0.354. The van der Waals surface area contributed by atoms with Gasteiger partial charge in [0, 0.05) is 31.7 Å². The monoisotopic (exact) mass is 497 g/mol. The summed E-state index contributed by atoms with van der Waals surface area (Å²) >= 11 is 0. The molecule has 1 N–H and O–H groups in total. The van der Waals surface area contributed by atoms with Gasteiger partial charge in [0.05, 0.1) is 22.1 Å². The number of hydrogen-bond acceptors (Lipinski definition) is 6. The number of sulfonamides is 1. The first-order chi connectivity index (χ1) is 16.0. The number of hydrogen-bond donors (Lipinski definition) is 1. The normalized spacial score (nSPS) is 15.9. The predicted octanol–water partition coefficient (Wildman–Crippen LogP) is 2.94. The Kier molecular flexibility index (Phi) is 7.81. The maximum absolute atomic E-state index is 13.2. The number of carboxylic acid groups (broad SMARTS) is 1. The number of halogens is 3. The molecule has 0 aliphatic carbocycles. The van der Waals surface area contributed by atoms with Crippen LogP contribution in [0.5, 0.6) is 5.75 Å². The first-order valence-electron chi connectivity index (χ1n) is 10.3. The molecule has 0 spiro atoms. The Hall–Kier alpha value is -3.14. The Bertz CT molecular complexity index is 1180. The highest BCUT2D eigenvalue weighted by Crippen LogP contribution is 2.33. The second-order valence-electron chi connectivity index (χ2n) is 7.67. The van der Waals surface area contributed by atoms with Gasteiger partial charge in [-0.3, -0.25) is 4.90 Å².